The van der Waals surface area contributed by atoms with E-state index >= 15 is 0 Å². The van der Waals surface area contributed by atoms with E-state index in [1.54, 1.807) is 30.7 Å². The van der Waals surface area contributed by atoms with Crippen LogP contribution in [0.15, 0.2) is 48.9 Å². The van der Waals surface area contributed by atoms with Crippen molar-refractivity contribution in [3.63, 3.8) is 0 Å². The average Bonchev–Trinajstić information content (AvgIpc) is 3.02. The smallest absolute Gasteiger partial charge is 0.183 e. The van der Waals surface area contributed by atoms with Gasteiger partial charge >= 0.3 is 0 Å². The van der Waals surface area contributed by atoms with Gasteiger partial charge in [0.2, 0.25) is 0 Å². The van der Waals surface area contributed by atoms with Crippen molar-refractivity contribution in [3.05, 3.63) is 64.6 Å². The molecule has 5 nitrogen and oxygen atoms in total. The Bertz CT molecular complexity index is 1020. The summed E-state index contributed by atoms with van der Waals surface area (Å²) in [5, 5.41) is 4.11. The highest BCUT2D eigenvalue weighted by Gasteiger charge is 2.13. The molecule has 0 unspecified atom stereocenters. The van der Waals surface area contributed by atoms with E-state index in [2.05, 4.69) is 25.3 Å². The van der Waals surface area contributed by atoms with E-state index in [1.807, 2.05) is 6.07 Å². The highest BCUT2D eigenvalue weighted by molar-refractivity contribution is 7.22. The molecule has 1 N–H and O–H groups in total. The second-order valence-electron chi connectivity index (χ2n) is 5.24. The van der Waals surface area contributed by atoms with Crippen LogP contribution in [0.5, 0.6) is 0 Å². The zero-order chi connectivity index (χ0) is 17.2. The minimum Gasteiger partial charge on any atom is -0.365 e. The first-order valence-corrected chi connectivity index (χ1v) is 8.60. The van der Waals surface area contributed by atoms with E-state index in [9.17, 15) is 4.39 Å². The highest BCUT2D eigenvalue weighted by atomic mass is 35.5. The number of benzene rings is 1. The standard InChI is InChI=1S/C17H11ClFN5S/c18-14-7-12-15(22-8-10-1-3-11(19)4-2-10)23-16(24-17(12)25-14)13-9-20-5-6-21-13/h1-7,9H,8H2,(H,22,23,24). The molecule has 0 bridgehead atoms. The number of hydrogen-bond acceptors (Lipinski definition) is 6. The van der Waals surface area contributed by atoms with E-state index < -0.39 is 0 Å². The van der Waals surface area contributed by atoms with Gasteiger partial charge in [-0.05, 0) is 23.8 Å². The Kier molecular flexibility index (Phi) is 4.25. The van der Waals surface area contributed by atoms with E-state index in [-0.39, 0.29) is 5.82 Å². The number of anilines is 1. The summed E-state index contributed by atoms with van der Waals surface area (Å²) >= 11 is 7.52. The normalized spacial score (nSPS) is 11.0. The van der Waals surface area contributed by atoms with Crippen LogP contribution in [0, 0.1) is 5.82 Å². The molecule has 8 heteroatoms. The Morgan fingerprint density at radius 3 is 2.72 bits per heavy atom. The summed E-state index contributed by atoms with van der Waals surface area (Å²) in [6.45, 7) is 0.500. The second-order valence-corrected chi connectivity index (χ2v) is 6.90. The Balaban J connectivity index is 1.72. The molecule has 0 spiro atoms. The quantitative estimate of drug-likeness (QED) is 0.570. The van der Waals surface area contributed by atoms with Crippen LogP contribution >= 0.6 is 22.9 Å². The summed E-state index contributed by atoms with van der Waals surface area (Å²) in [5.74, 6) is 0.863. The van der Waals surface area contributed by atoms with Crippen LogP contribution < -0.4 is 5.32 Å². The zero-order valence-electron chi connectivity index (χ0n) is 12.8. The lowest BCUT2D eigenvalue weighted by atomic mass is 10.2. The van der Waals surface area contributed by atoms with Gasteiger partial charge in [0, 0.05) is 18.9 Å². The fourth-order valence-electron chi connectivity index (χ4n) is 2.34. The van der Waals surface area contributed by atoms with Crippen molar-refractivity contribution in [1.82, 2.24) is 19.9 Å². The molecule has 4 aromatic rings. The number of hydrogen-bond donors (Lipinski definition) is 1. The Morgan fingerprint density at radius 1 is 1.12 bits per heavy atom. The Morgan fingerprint density at radius 2 is 1.96 bits per heavy atom. The lowest BCUT2D eigenvalue weighted by Crippen LogP contribution is -2.04. The number of rotatable bonds is 4. The van der Waals surface area contributed by atoms with Crippen LogP contribution in [-0.4, -0.2) is 19.9 Å². The van der Waals surface area contributed by atoms with Crippen LogP contribution in [0.2, 0.25) is 4.34 Å². The van der Waals surface area contributed by atoms with E-state index in [0.29, 0.717) is 28.2 Å². The predicted octanol–water partition coefficient (Wildman–Crippen LogP) is 4.55. The Labute approximate surface area is 151 Å². The van der Waals surface area contributed by atoms with Crippen molar-refractivity contribution in [2.45, 2.75) is 6.54 Å². The van der Waals surface area contributed by atoms with Crippen molar-refractivity contribution in [2.75, 3.05) is 5.32 Å². The van der Waals surface area contributed by atoms with Gasteiger partial charge in [0.05, 0.1) is 15.9 Å². The van der Waals surface area contributed by atoms with Crippen LogP contribution in [0.25, 0.3) is 21.7 Å². The molecule has 0 saturated heterocycles. The average molecular weight is 372 g/mol. The molecule has 4 rings (SSSR count). The lowest BCUT2D eigenvalue weighted by Gasteiger charge is -2.09. The Hall–Kier alpha value is -2.64. The van der Waals surface area contributed by atoms with Crippen LogP contribution in [-0.2, 0) is 6.54 Å². The molecule has 0 fully saturated rings. The van der Waals surface area contributed by atoms with Gasteiger partial charge in [0.25, 0.3) is 0 Å². The zero-order valence-corrected chi connectivity index (χ0v) is 14.4. The van der Waals surface area contributed by atoms with E-state index in [4.69, 9.17) is 11.6 Å². The number of thiophene rings is 1. The topological polar surface area (TPSA) is 63.6 Å². The van der Waals surface area contributed by atoms with Gasteiger partial charge in [0.1, 0.15) is 22.2 Å². The fraction of sp³-hybridized carbons (Fsp3) is 0.0588. The minimum atomic E-state index is -0.261. The van der Waals surface area contributed by atoms with Crippen molar-refractivity contribution < 1.29 is 4.39 Å². The van der Waals surface area contributed by atoms with Gasteiger partial charge < -0.3 is 5.32 Å². The fourth-order valence-corrected chi connectivity index (χ4v) is 3.43. The maximum Gasteiger partial charge on any atom is 0.183 e. The van der Waals surface area contributed by atoms with E-state index in [0.717, 1.165) is 15.8 Å². The SMILES string of the molecule is Fc1ccc(CNc2nc(-c3cnccn3)nc3sc(Cl)cc23)cc1. The third-order valence-corrected chi connectivity index (χ3v) is 4.69. The second kappa shape index (κ2) is 6.70. The number of fused-ring (bicyclic) bond motifs is 1. The van der Waals surface area contributed by atoms with Gasteiger partial charge in [-0.1, -0.05) is 23.7 Å². The molecule has 3 aromatic heterocycles. The minimum absolute atomic E-state index is 0.261. The lowest BCUT2D eigenvalue weighted by molar-refractivity contribution is 0.627. The van der Waals surface area contributed by atoms with Gasteiger partial charge in [-0.2, -0.15) is 0 Å². The predicted molar refractivity (Wildman–Crippen MR) is 97.2 cm³/mol. The molecule has 0 saturated carbocycles. The summed E-state index contributed by atoms with van der Waals surface area (Å²) in [4.78, 5) is 18.2. The molecular formula is C17H11ClFN5S. The summed E-state index contributed by atoms with van der Waals surface area (Å²) < 4.78 is 13.7. The van der Waals surface area contributed by atoms with Crippen molar-refractivity contribution >= 4 is 39.0 Å². The molecule has 0 aliphatic rings. The van der Waals surface area contributed by atoms with Gasteiger partial charge in [-0.3, -0.25) is 4.98 Å². The molecule has 3 heterocycles. The summed E-state index contributed by atoms with van der Waals surface area (Å²) in [7, 11) is 0. The summed E-state index contributed by atoms with van der Waals surface area (Å²) in [6, 6.07) is 8.14. The monoisotopic (exact) mass is 371 g/mol. The molecular weight excluding hydrogens is 361 g/mol. The third kappa shape index (κ3) is 3.42. The maximum atomic E-state index is 13.0. The van der Waals surface area contributed by atoms with Crippen molar-refractivity contribution in [2.24, 2.45) is 0 Å². The molecule has 0 atom stereocenters. The highest BCUT2D eigenvalue weighted by Crippen LogP contribution is 2.33. The maximum absolute atomic E-state index is 13.0. The molecule has 25 heavy (non-hydrogen) atoms. The number of halogens is 2. The largest absolute Gasteiger partial charge is 0.365 e. The number of nitrogens with one attached hydrogen (secondary N) is 1. The molecule has 0 aliphatic carbocycles. The van der Waals surface area contributed by atoms with Gasteiger partial charge in [0.15, 0.2) is 5.82 Å². The first kappa shape index (κ1) is 15.9. The molecule has 0 aliphatic heterocycles. The number of nitrogens with zero attached hydrogens (tertiary/aromatic N) is 4. The van der Waals surface area contributed by atoms with Gasteiger partial charge in [-0.25, -0.2) is 19.3 Å². The molecule has 0 amide bonds. The first-order chi connectivity index (χ1) is 12.2. The molecule has 1 aromatic carbocycles. The molecule has 0 radical (unpaired) electrons. The summed E-state index contributed by atoms with van der Waals surface area (Å²) in [6.07, 6.45) is 4.80. The van der Waals surface area contributed by atoms with Crippen molar-refractivity contribution in [3.8, 4) is 11.5 Å². The summed E-state index contributed by atoms with van der Waals surface area (Å²) in [5.41, 5.74) is 1.52. The van der Waals surface area contributed by atoms with Crippen LogP contribution in [0.1, 0.15) is 5.56 Å². The van der Waals surface area contributed by atoms with Gasteiger partial charge in [-0.15, -0.1) is 11.3 Å². The molecule has 124 valence electrons. The van der Waals surface area contributed by atoms with Crippen LogP contribution in [0.4, 0.5) is 10.2 Å². The number of aromatic nitrogens is 4. The third-order valence-electron chi connectivity index (χ3n) is 3.53. The first-order valence-electron chi connectivity index (χ1n) is 7.41. The van der Waals surface area contributed by atoms with Crippen LogP contribution in [0.3, 0.4) is 0 Å². The van der Waals surface area contributed by atoms with E-state index in [1.165, 1.54) is 23.5 Å². The van der Waals surface area contributed by atoms with Crippen molar-refractivity contribution in [1.29, 1.82) is 0 Å².